The second-order valence-corrected chi connectivity index (χ2v) is 15.0. The molecule has 57 heavy (non-hydrogen) atoms. The van der Waals surface area contributed by atoms with E-state index in [0.717, 1.165) is 68.9 Å². The van der Waals surface area contributed by atoms with E-state index in [9.17, 15) is 0 Å². The van der Waals surface area contributed by atoms with E-state index in [1.165, 1.54) is 38.3 Å². The highest BCUT2D eigenvalue weighted by Gasteiger charge is 2.27. The van der Waals surface area contributed by atoms with Crippen molar-refractivity contribution >= 4 is 49.1 Å². The lowest BCUT2D eigenvalue weighted by atomic mass is 9.80. The molecule has 0 spiro atoms. The molecule has 11 rings (SSSR count). The maximum Gasteiger partial charge on any atom is 0.160 e. The summed E-state index contributed by atoms with van der Waals surface area (Å²) in [5.41, 5.74) is 12.2. The van der Waals surface area contributed by atoms with Crippen LogP contribution in [-0.4, -0.2) is 19.5 Å². The zero-order valence-corrected chi connectivity index (χ0v) is 31.3. The highest BCUT2D eigenvalue weighted by atomic mass is 15.0. The Labute approximate surface area is 331 Å². The molecule has 2 atom stereocenters. The monoisotopic (exact) mass is 730 g/mol. The fourth-order valence-corrected chi connectivity index (χ4v) is 8.97. The fraction of sp³-hybridized carbons (Fsp3) is 0.0755. The molecule has 0 amide bonds. The largest absolute Gasteiger partial charge is 0.309 e. The van der Waals surface area contributed by atoms with Crippen LogP contribution in [0.1, 0.15) is 41.6 Å². The van der Waals surface area contributed by atoms with Crippen LogP contribution >= 0.6 is 0 Å². The van der Waals surface area contributed by atoms with E-state index >= 15 is 0 Å². The van der Waals surface area contributed by atoms with Gasteiger partial charge in [-0.1, -0.05) is 158 Å². The van der Waals surface area contributed by atoms with Gasteiger partial charge in [0.1, 0.15) is 0 Å². The Bertz CT molecular complexity index is 3120. The summed E-state index contributed by atoms with van der Waals surface area (Å²) in [6.45, 7) is 0. The predicted molar refractivity (Wildman–Crippen MR) is 237 cm³/mol. The van der Waals surface area contributed by atoms with E-state index in [2.05, 4.69) is 193 Å². The van der Waals surface area contributed by atoms with Crippen molar-refractivity contribution in [2.75, 3.05) is 0 Å². The molecule has 0 bridgehead atoms. The summed E-state index contributed by atoms with van der Waals surface area (Å²) < 4.78 is 2.46. The number of rotatable bonds is 6. The highest BCUT2D eigenvalue weighted by molar-refractivity contribution is 6.27. The first-order chi connectivity index (χ1) is 28.3. The first-order valence-corrected chi connectivity index (χ1v) is 19.8. The van der Waals surface area contributed by atoms with E-state index < -0.39 is 0 Å². The molecule has 3 heterocycles. The zero-order chi connectivity index (χ0) is 37.7. The Balaban J connectivity index is 1.14. The molecule has 0 aliphatic heterocycles. The molecular formula is C53H38N4. The molecule has 2 aliphatic rings. The zero-order valence-electron chi connectivity index (χ0n) is 31.3. The average molecular weight is 731 g/mol. The van der Waals surface area contributed by atoms with E-state index in [0.29, 0.717) is 0 Å². The molecule has 2 unspecified atom stereocenters. The van der Waals surface area contributed by atoms with Crippen LogP contribution in [0.4, 0.5) is 0 Å². The second-order valence-electron chi connectivity index (χ2n) is 15.0. The SMILES string of the molecule is C1=CCCC(c2cc(C3C=CC=CC3c3ccc4c(c3)c3ccc5c(-c6ccccc6)nc6ccccc6c5c3n4-c3ccccc3)nc(-c3ccccc3)n2)=C1. The molecule has 4 nitrogen and oxygen atoms in total. The summed E-state index contributed by atoms with van der Waals surface area (Å²) in [5, 5.41) is 5.95. The van der Waals surface area contributed by atoms with Gasteiger partial charge in [0.2, 0.25) is 0 Å². The molecule has 0 saturated heterocycles. The quantitative estimate of drug-likeness (QED) is 0.160. The number of benzene rings is 6. The summed E-state index contributed by atoms with van der Waals surface area (Å²) in [6.07, 6.45) is 17.6. The Morgan fingerprint density at radius 2 is 1.26 bits per heavy atom. The van der Waals surface area contributed by atoms with Gasteiger partial charge >= 0.3 is 0 Å². The number of allylic oxidation sites excluding steroid dienone is 8. The molecule has 0 fully saturated rings. The third kappa shape index (κ3) is 5.72. The summed E-state index contributed by atoms with van der Waals surface area (Å²) in [6, 6.07) is 54.2. The van der Waals surface area contributed by atoms with Crippen LogP contribution in [0, 0.1) is 0 Å². The number of nitrogens with zero attached hydrogens (tertiary/aromatic N) is 4. The number of para-hydroxylation sites is 2. The molecule has 0 N–H and O–H groups in total. The molecule has 6 aromatic carbocycles. The van der Waals surface area contributed by atoms with Gasteiger partial charge in [0.15, 0.2) is 5.82 Å². The van der Waals surface area contributed by atoms with Crippen molar-refractivity contribution in [2.24, 2.45) is 0 Å². The van der Waals surface area contributed by atoms with Crippen LogP contribution in [0.25, 0.3) is 77.4 Å². The highest BCUT2D eigenvalue weighted by Crippen LogP contribution is 2.45. The molecule has 2 aliphatic carbocycles. The first kappa shape index (κ1) is 33.2. The van der Waals surface area contributed by atoms with Gasteiger partial charge in [0.05, 0.1) is 33.6 Å². The Morgan fingerprint density at radius 3 is 2.05 bits per heavy atom. The maximum atomic E-state index is 5.30. The molecule has 0 saturated carbocycles. The molecular weight excluding hydrogens is 693 g/mol. The van der Waals surface area contributed by atoms with E-state index in [-0.39, 0.29) is 11.8 Å². The number of fused-ring (bicyclic) bond motifs is 7. The van der Waals surface area contributed by atoms with Crippen LogP contribution in [0.5, 0.6) is 0 Å². The smallest absolute Gasteiger partial charge is 0.160 e. The lowest BCUT2D eigenvalue weighted by Gasteiger charge is -2.25. The van der Waals surface area contributed by atoms with Crippen molar-refractivity contribution < 1.29 is 0 Å². The van der Waals surface area contributed by atoms with Crippen LogP contribution < -0.4 is 0 Å². The first-order valence-electron chi connectivity index (χ1n) is 19.8. The van der Waals surface area contributed by atoms with Crippen molar-refractivity contribution in [3.8, 4) is 28.3 Å². The summed E-state index contributed by atoms with van der Waals surface area (Å²) >= 11 is 0. The molecule has 0 radical (unpaired) electrons. The molecule has 270 valence electrons. The van der Waals surface area contributed by atoms with Gasteiger partial charge in [-0.05, 0) is 60.4 Å². The second kappa shape index (κ2) is 13.8. The maximum absolute atomic E-state index is 5.30. The third-order valence-electron chi connectivity index (χ3n) is 11.7. The van der Waals surface area contributed by atoms with Crippen LogP contribution in [0.2, 0.25) is 0 Å². The minimum atomic E-state index is 0.0307. The number of aromatic nitrogens is 4. The van der Waals surface area contributed by atoms with Gasteiger partial charge in [-0.3, -0.25) is 0 Å². The Morgan fingerprint density at radius 1 is 0.544 bits per heavy atom. The van der Waals surface area contributed by atoms with Gasteiger partial charge in [-0.25, -0.2) is 15.0 Å². The molecule has 9 aromatic rings. The van der Waals surface area contributed by atoms with Gasteiger partial charge in [-0.2, -0.15) is 0 Å². The van der Waals surface area contributed by atoms with Gasteiger partial charge in [0.25, 0.3) is 0 Å². The Hall–Kier alpha value is -7.17. The number of hydrogen-bond donors (Lipinski definition) is 0. The van der Waals surface area contributed by atoms with Crippen molar-refractivity contribution in [1.82, 2.24) is 19.5 Å². The number of hydrogen-bond acceptors (Lipinski definition) is 3. The summed E-state index contributed by atoms with van der Waals surface area (Å²) in [7, 11) is 0. The normalized spacial score (nSPS) is 16.5. The summed E-state index contributed by atoms with van der Waals surface area (Å²) in [5.74, 6) is 0.879. The lowest BCUT2D eigenvalue weighted by Crippen LogP contribution is -2.13. The van der Waals surface area contributed by atoms with Crippen molar-refractivity contribution in [2.45, 2.75) is 24.7 Å². The topological polar surface area (TPSA) is 43.6 Å². The van der Waals surface area contributed by atoms with E-state index in [1.807, 2.05) is 6.07 Å². The third-order valence-corrected chi connectivity index (χ3v) is 11.7. The fourth-order valence-electron chi connectivity index (χ4n) is 8.97. The standard InChI is InChI=1S/C53H38N4/c1-5-17-35(18-6-1)47-34-48(56-53(55-47)37-21-9-3-10-22-37)41-26-14-13-25-40(41)38-29-32-49-45(33-38)42-30-31-44-50(52(42)57(49)39-23-11-4-12-24-39)43-27-15-16-28-46(43)54-51(44)36-19-7-2-8-20-36/h1-5,7-17,19-34,40-41H,6,18H2. The molecule has 3 aromatic heterocycles. The van der Waals surface area contributed by atoms with Crippen molar-refractivity contribution in [3.63, 3.8) is 0 Å². The van der Waals surface area contributed by atoms with Crippen LogP contribution in [0.3, 0.4) is 0 Å². The molecule has 4 heteroatoms. The number of pyridine rings is 1. The summed E-state index contributed by atoms with van der Waals surface area (Å²) in [4.78, 5) is 15.7. The predicted octanol–water partition coefficient (Wildman–Crippen LogP) is 13.3. The van der Waals surface area contributed by atoms with Gasteiger partial charge in [0, 0.05) is 55.6 Å². The average Bonchev–Trinajstić information content (AvgIpc) is 3.63. The minimum Gasteiger partial charge on any atom is -0.309 e. The van der Waals surface area contributed by atoms with Crippen molar-refractivity contribution in [3.05, 3.63) is 211 Å². The van der Waals surface area contributed by atoms with Crippen molar-refractivity contribution in [1.29, 1.82) is 0 Å². The van der Waals surface area contributed by atoms with Crippen LogP contribution in [-0.2, 0) is 0 Å². The van der Waals surface area contributed by atoms with Gasteiger partial charge < -0.3 is 4.57 Å². The van der Waals surface area contributed by atoms with E-state index in [4.69, 9.17) is 15.0 Å². The van der Waals surface area contributed by atoms with Gasteiger partial charge in [-0.15, -0.1) is 0 Å². The van der Waals surface area contributed by atoms with E-state index in [1.54, 1.807) is 0 Å². The van der Waals surface area contributed by atoms with Crippen LogP contribution in [0.15, 0.2) is 194 Å². The minimum absolute atomic E-state index is 0.0307. The lowest BCUT2D eigenvalue weighted by molar-refractivity contribution is 0.705. The Kier molecular flexibility index (Phi) is 8.06.